The van der Waals surface area contributed by atoms with E-state index in [0.29, 0.717) is 0 Å². The minimum absolute atomic E-state index is 1.03. The number of benzene rings is 3. The minimum atomic E-state index is 1.03. The molecule has 0 heterocycles. The molecule has 0 saturated carbocycles. The van der Waals surface area contributed by atoms with Crippen molar-refractivity contribution >= 4 is 22.5 Å². The third-order valence-corrected chi connectivity index (χ3v) is 4.31. The van der Waals surface area contributed by atoms with Crippen LogP contribution in [0.5, 0.6) is 0 Å². The molecular formula is C18H16S. The first-order valence-electron chi connectivity index (χ1n) is 6.48. The molecule has 0 saturated heterocycles. The molecule has 0 unspecified atom stereocenters. The van der Waals surface area contributed by atoms with Gasteiger partial charge in [-0.2, -0.15) is 0 Å². The van der Waals surface area contributed by atoms with Gasteiger partial charge in [-0.15, -0.1) is 11.8 Å². The van der Waals surface area contributed by atoms with Crippen LogP contribution < -0.4 is 0 Å². The van der Waals surface area contributed by atoms with Gasteiger partial charge in [0.2, 0.25) is 0 Å². The van der Waals surface area contributed by atoms with Crippen molar-refractivity contribution in [2.45, 2.75) is 17.6 Å². The molecule has 0 atom stereocenters. The fourth-order valence-corrected chi connectivity index (χ4v) is 3.01. The minimum Gasteiger partial charge on any atom is -0.121 e. The Morgan fingerprint density at radius 2 is 1.53 bits per heavy atom. The predicted octanol–water partition coefficient (Wildman–Crippen LogP) is 5.44. The standard InChI is InChI=1S/C18H16S/c1-14-6-8-15(9-7-14)13-19-18-11-10-16-4-2-3-5-17(16)12-18/h2-12H,13H2,1H3. The molecule has 3 rings (SSSR count). The molecule has 0 fully saturated rings. The molecule has 0 amide bonds. The molecule has 0 spiro atoms. The Bertz CT molecular complexity index is 683. The highest BCUT2D eigenvalue weighted by atomic mass is 32.2. The maximum atomic E-state index is 2.27. The number of fused-ring (bicyclic) bond motifs is 1. The van der Waals surface area contributed by atoms with E-state index in [1.165, 1.54) is 26.8 Å². The Hall–Kier alpha value is -1.73. The van der Waals surface area contributed by atoms with E-state index in [0.717, 1.165) is 5.75 Å². The van der Waals surface area contributed by atoms with Crippen molar-refractivity contribution in [3.05, 3.63) is 77.9 Å². The van der Waals surface area contributed by atoms with Crippen LogP contribution in [0.2, 0.25) is 0 Å². The number of hydrogen-bond acceptors (Lipinski definition) is 1. The SMILES string of the molecule is Cc1ccc(CSc2ccc3ccccc3c2)cc1. The van der Waals surface area contributed by atoms with Gasteiger partial charge < -0.3 is 0 Å². The third kappa shape index (κ3) is 2.99. The van der Waals surface area contributed by atoms with E-state index in [4.69, 9.17) is 0 Å². The van der Waals surface area contributed by atoms with Crippen LogP contribution in [0.1, 0.15) is 11.1 Å². The molecule has 0 aliphatic heterocycles. The fraction of sp³-hybridized carbons (Fsp3) is 0.111. The van der Waals surface area contributed by atoms with Gasteiger partial charge in [-0.25, -0.2) is 0 Å². The lowest BCUT2D eigenvalue weighted by molar-refractivity contribution is 1.35. The van der Waals surface area contributed by atoms with Gasteiger partial charge in [-0.3, -0.25) is 0 Å². The predicted molar refractivity (Wildman–Crippen MR) is 84.7 cm³/mol. The van der Waals surface area contributed by atoms with E-state index in [9.17, 15) is 0 Å². The topological polar surface area (TPSA) is 0 Å². The van der Waals surface area contributed by atoms with E-state index in [-0.39, 0.29) is 0 Å². The van der Waals surface area contributed by atoms with Gasteiger partial charge >= 0.3 is 0 Å². The van der Waals surface area contributed by atoms with E-state index in [2.05, 4.69) is 73.7 Å². The molecule has 0 N–H and O–H groups in total. The summed E-state index contributed by atoms with van der Waals surface area (Å²) >= 11 is 1.89. The Morgan fingerprint density at radius 3 is 2.32 bits per heavy atom. The summed E-state index contributed by atoms with van der Waals surface area (Å²) in [6, 6.07) is 24.0. The average molecular weight is 264 g/mol. The lowest BCUT2D eigenvalue weighted by Crippen LogP contribution is -1.81. The first-order valence-corrected chi connectivity index (χ1v) is 7.47. The highest BCUT2D eigenvalue weighted by Gasteiger charge is 1.98. The highest BCUT2D eigenvalue weighted by Crippen LogP contribution is 2.26. The van der Waals surface area contributed by atoms with Crippen molar-refractivity contribution in [3.63, 3.8) is 0 Å². The van der Waals surface area contributed by atoms with Gasteiger partial charge in [0.25, 0.3) is 0 Å². The maximum absolute atomic E-state index is 2.27. The quantitative estimate of drug-likeness (QED) is 0.567. The van der Waals surface area contributed by atoms with Gasteiger partial charge in [0.1, 0.15) is 0 Å². The second kappa shape index (κ2) is 5.50. The van der Waals surface area contributed by atoms with Crippen molar-refractivity contribution in [2.24, 2.45) is 0 Å². The number of thioether (sulfide) groups is 1. The van der Waals surface area contributed by atoms with Crippen molar-refractivity contribution in [3.8, 4) is 0 Å². The zero-order valence-corrected chi connectivity index (χ0v) is 11.8. The van der Waals surface area contributed by atoms with Gasteiger partial charge in [0, 0.05) is 10.6 Å². The highest BCUT2D eigenvalue weighted by molar-refractivity contribution is 7.98. The smallest absolute Gasteiger partial charge is 0.0231 e. The monoisotopic (exact) mass is 264 g/mol. The first kappa shape index (κ1) is 12.3. The third-order valence-electron chi connectivity index (χ3n) is 3.25. The van der Waals surface area contributed by atoms with Gasteiger partial charge in [-0.05, 0) is 35.4 Å². The molecule has 0 bridgehead atoms. The molecule has 19 heavy (non-hydrogen) atoms. The zero-order valence-electron chi connectivity index (χ0n) is 11.0. The maximum Gasteiger partial charge on any atom is 0.0231 e. The largest absolute Gasteiger partial charge is 0.121 e. The summed E-state index contributed by atoms with van der Waals surface area (Å²) in [5.41, 5.74) is 2.70. The number of aryl methyl sites for hydroxylation is 1. The Morgan fingerprint density at radius 1 is 0.789 bits per heavy atom. The summed E-state index contributed by atoms with van der Waals surface area (Å²) in [5.74, 6) is 1.03. The zero-order chi connectivity index (χ0) is 13.1. The van der Waals surface area contributed by atoms with Crippen LogP contribution >= 0.6 is 11.8 Å². The van der Waals surface area contributed by atoms with Crippen LogP contribution in [0.4, 0.5) is 0 Å². The first-order chi connectivity index (χ1) is 9.31. The van der Waals surface area contributed by atoms with Crippen LogP contribution in [0.15, 0.2) is 71.6 Å². The van der Waals surface area contributed by atoms with Crippen molar-refractivity contribution in [1.29, 1.82) is 0 Å². The normalized spacial score (nSPS) is 10.8. The summed E-state index contributed by atoms with van der Waals surface area (Å²) in [7, 11) is 0. The Labute approximate surface area is 118 Å². The van der Waals surface area contributed by atoms with Crippen LogP contribution in [-0.2, 0) is 5.75 Å². The van der Waals surface area contributed by atoms with E-state index in [1.54, 1.807) is 0 Å². The van der Waals surface area contributed by atoms with Crippen molar-refractivity contribution in [1.82, 2.24) is 0 Å². The molecule has 0 aliphatic carbocycles. The lowest BCUT2D eigenvalue weighted by atomic mass is 10.1. The molecule has 3 aromatic carbocycles. The fourth-order valence-electron chi connectivity index (χ4n) is 2.11. The molecule has 0 nitrogen and oxygen atoms in total. The van der Waals surface area contributed by atoms with Gasteiger partial charge in [0.15, 0.2) is 0 Å². The summed E-state index contributed by atoms with van der Waals surface area (Å²) in [5, 5.41) is 2.62. The molecule has 0 radical (unpaired) electrons. The van der Waals surface area contributed by atoms with Gasteiger partial charge in [0.05, 0.1) is 0 Å². The van der Waals surface area contributed by atoms with Crippen LogP contribution in [0.25, 0.3) is 10.8 Å². The Balaban J connectivity index is 1.76. The number of rotatable bonds is 3. The van der Waals surface area contributed by atoms with Crippen LogP contribution in [-0.4, -0.2) is 0 Å². The van der Waals surface area contributed by atoms with Gasteiger partial charge in [-0.1, -0.05) is 60.2 Å². The summed E-state index contributed by atoms with van der Waals surface area (Å²) < 4.78 is 0. The van der Waals surface area contributed by atoms with Crippen LogP contribution in [0.3, 0.4) is 0 Å². The second-order valence-electron chi connectivity index (χ2n) is 4.78. The van der Waals surface area contributed by atoms with Crippen molar-refractivity contribution < 1.29 is 0 Å². The lowest BCUT2D eigenvalue weighted by Gasteiger charge is -2.04. The second-order valence-corrected chi connectivity index (χ2v) is 5.83. The summed E-state index contributed by atoms with van der Waals surface area (Å²) in [6.45, 7) is 2.13. The molecule has 1 heteroatoms. The molecule has 0 aromatic heterocycles. The molecule has 3 aromatic rings. The van der Waals surface area contributed by atoms with Crippen molar-refractivity contribution in [2.75, 3.05) is 0 Å². The molecule has 0 aliphatic rings. The molecule has 94 valence electrons. The Kier molecular flexibility index (Phi) is 3.56. The summed E-state index contributed by atoms with van der Waals surface area (Å²) in [6.07, 6.45) is 0. The van der Waals surface area contributed by atoms with E-state index in [1.807, 2.05) is 11.8 Å². The van der Waals surface area contributed by atoms with E-state index >= 15 is 0 Å². The number of hydrogen-bond donors (Lipinski definition) is 0. The van der Waals surface area contributed by atoms with Crippen LogP contribution in [0, 0.1) is 6.92 Å². The molecular weight excluding hydrogens is 248 g/mol. The average Bonchev–Trinajstić information content (AvgIpc) is 2.46. The summed E-state index contributed by atoms with van der Waals surface area (Å²) in [4.78, 5) is 1.33. The van der Waals surface area contributed by atoms with E-state index < -0.39 is 0 Å².